The summed E-state index contributed by atoms with van der Waals surface area (Å²) in [5, 5.41) is 18.5. The van der Waals surface area contributed by atoms with Crippen LogP contribution in [0, 0.1) is 0 Å². The fraction of sp³-hybridized carbons (Fsp3) is 0.812. The Morgan fingerprint density at radius 1 is 1.23 bits per heavy atom. The summed E-state index contributed by atoms with van der Waals surface area (Å²) in [4.78, 5) is 10.4. The average Bonchev–Trinajstić information content (AvgIpc) is 2.49. The number of aliphatic hydroxyl groups excluding tert-OH is 2. The van der Waals surface area contributed by atoms with Crippen LogP contribution in [0.1, 0.15) is 46.5 Å². The molecule has 0 fully saturated rings. The van der Waals surface area contributed by atoms with Crippen LogP contribution in [0.3, 0.4) is 0 Å². The maximum atomic E-state index is 10.4. The van der Waals surface area contributed by atoms with E-state index in [0.717, 1.165) is 0 Å². The molecule has 1 aliphatic rings. The first-order valence-electron chi connectivity index (χ1n) is 8.05. The van der Waals surface area contributed by atoms with Gasteiger partial charge in [0, 0.05) is 6.92 Å². The van der Waals surface area contributed by atoms with Crippen LogP contribution in [-0.2, 0) is 14.3 Å². The third-order valence-electron chi connectivity index (χ3n) is 3.13. The molecule has 1 heterocycles. The topological polar surface area (TPSA) is 76.0 Å². The second-order valence-corrected chi connectivity index (χ2v) is 9.53. The zero-order valence-corrected chi connectivity index (χ0v) is 16.8. The first kappa shape index (κ1) is 21.7. The predicted octanol–water partition coefficient (Wildman–Crippen LogP) is 2.31. The molecule has 0 spiro atoms. The maximum absolute atomic E-state index is 10.4. The number of ether oxygens (including phenoxy) is 2. The molecular formula is C16H30O5Sn. The van der Waals surface area contributed by atoms with Crippen molar-refractivity contribution in [2.24, 2.45) is 0 Å². The fourth-order valence-electron chi connectivity index (χ4n) is 1.71. The van der Waals surface area contributed by atoms with E-state index in [2.05, 4.69) is 18.6 Å². The molecule has 6 heteroatoms. The predicted molar refractivity (Wildman–Crippen MR) is 87.8 cm³/mol. The van der Waals surface area contributed by atoms with Gasteiger partial charge in [-0.3, -0.25) is 4.79 Å². The van der Waals surface area contributed by atoms with E-state index in [0.29, 0.717) is 0 Å². The van der Waals surface area contributed by atoms with Crippen molar-refractivity contribution in [3.63, 3.8) is 0 Å². The van der Waals surface area contributed by atoms with Crippen molar-refractivity contribution in [3.8, 4) is 0 Å². The summed E-state index contributed by atoms with van der Waals surface area (Å²) in [6, 6.07) is 0. The fourth-order valence-corrected chi connectivity index (χ4v) is 5.87. The van der Waals surface area contributed by atoms with Gasteiger partial charge in [-0.2, -0.15) is 0 Å². The second kappa shape index (κ2) is 14.3. The Bertz CT molecular complexity index is 303. The van der Waals surface area contributed by atoms with Crippen LogP contribution in [0.5, 0.6) is 0 Å². The van der Waals surface area contributed by atoms with Gasteiger partial charge in [-0.1, -0.05) is 0 Å². The number of aliphatic hydroxyl groups is 2. The van der Waals surface area contributed by atoms with Gasteiger partial charge in [-0.25, -0.2) is 0 Å². The number of unbranched alkanes of at least 4 members (excludes halogenated alkanes) is 2. The number of hydrogen-bond donors (Lipinski definition) is 2. The number of carbonyl (C=O) groups excluding carboxylic acids is 1. The standard InChI is InChI=1S/C8H12O5.2C4H9.Sn/c1-5(9)13-4-7-8(11)6(10)2-3-12-7;2*1-3-4-2;/h2-3,6-8,10-11H,4H2,1H3;2*1,3-4H2,2H3;/t6-,7-,8+;;;/m1.../s1. The van der Waals surface area contributed by atoms with Crippen LogP contribution in [0.4, 0.5) is 0 Å². The number of esters is 1. The summed E-state index contributed by atoms with van der Waals surface area (Å²) in [5.74, 6) is -0.445. The molecule has 1 aliphatic heterocycles. The third kappa shape index (κ3) is 11.3. The second-order valence-electron chi connectivity index (χ2n) is 5.24. The molecule has 0 unspecified atom stereocenters. The molecule has 22 heavy (non-hydrogen) atoms. The first-order chi connectivity index (χ1) is 10.5. The van der Waals surface area contributed by atoms with Gasteiger partial charge >= 0.3 is 75.5 Å². The van der Waals surface area contributed by atoms with Crippen molar-refractivity contribution < 1.29 is 24.5 Å². The molecule has 128 valence electrons. The molecule has 0 saturated carbocycles. The summed E-state index contributed by atoms with van der Waals surface area (Å²) in [7, 11) is 0. The van der Waals surface area contributed by atoms with Crippen LogP contribution in [0.15, 0.2) is 12.3 Å². The molecule has 0 amide bonds. The van der Waals surface area contributed by atoms with Crippen molar-refractivity contribution in [1.82, 2.24) is 0 Å². The molecule has 0 aromatic carbocycles. The quantitative estimate of drug-likeness (QED) is 0.358. The molecule has 0 aromatic heterocycles. The van der Waals surface area contributed by atoms with E-state index in [9.17, 15) is 9.90 Å². The molecule has 0 aromatic rings. The van der Waals surface area contributed by atoms with E-state index in [-0.39, 0.29) is 27.7 Å². The zero-order chi connectivity index (χ0) is 16.8. The summed E-state index contributed by atoms with van der Waals surface area (Å²) in [6.07, 6.45) is 5.74. The van der Waals surface area contributed by atoms with Crippen molar-refractivity contribution in [2.45, 2.75) is 73.6 Å². The Morgan fingerprint density at radius 2 is 1.82 bits per heavy atom. The van der Waals surface area contributed by atoms with Crippen LogP contribution in [0.25, 0.3) is 0 Å². The van der Waals surface area contributed by atoms with Crippen LogP contribution in [0.2, 0.25) is 8.87 Å². The van der Waals surface area contributed by atoms with E-state index < -0.39 is 24.3 Å². The van der Waals surface area contributed by atoms with E-state index in [1.165, 1.54) is 44.9 Å². The number of rotatable bonds is 8. The molecule has 0 bridgehead atoms. The van der Waals surface area contributed by atoms with Gasteiger partial charge in [0.1, 0.15) is 18.8 Å². The van der Waals surface area contributed by atoms with Gasteiger partial charge in [-0.15, -0.1) is 0 Å². The SMILES string of the molecule is CC(=O)OC[C@H]1OC=C[C@@H](O)[C@@H]1O.CCC[CH2][Sn][CH2]CCC. The van der Waals surface area contributed by atoms with Gasteiger partial charge in [0.15, 0.2) is 6.10 Å². The van der Waals surface area contributed by atoms with Gasteiger partial charge in [0.2, 0.25) is 0 Å². The Labute approximate surface area is 144 Å². The third-order valence-corrected chi connectivity index (χ3v) is 7.16. The van der Waals surface area contributed by atoms with Crippen LogP contribution >= 0.6 is 0 Å². The summed E-state index contributed by atoms with van der Waals surface area (Å²) >= 11 is 0.149. The number of hydrogen-bond acceptors (Lipinski definition) is 5. The van der Waals surface area contributed by atoms with Gasteiger partial charge in [0.05, 0.1) is 6.26 Å². The number of carbonyl (C=O) groups is 1. The molecular weight excluding hydrogens is 391 g/mol. The van der Waals surface area contributed by atoms with Crippen molar-refractivity contribution in [2.75, 3.05) is 6.61 Å². The van der Waals surface area contributed by atoms with Crippen molar-refractivity contribution >= 4 is 27.1 Å². The van der Waals surface area contributed by atoms with E-state index in [1.54, 1.807) is 8.87 Å². The summed E-state index contributed by atoms with van der Waals surface area (Å²) in [6.45, 7) is 5.79. The zero-order valence-electron chi connectivity index (χ0n) is 14.0. The Hall–Kier alpha value is -0.271. The Kier molecular flexibility index (Phi) is 14.2. The van der Waals surface area contributed by atoms with Gasteiger partial charge in [-0.05, 0) is 6.08 Å². The van der Waals surface area contributed by atoms with Crippen LogP contribution < -0.4 is 0 Å². The van der Waals surface area contributed by atoms with E-state index in [1.807, 2.05) is 0 Å². The molecule has 0 aliphatic carbocycles. The monoisotopic (exact) mass is 422 g/mol. The molecule has 5 nitrogen and oxygen atoms in total. The molecule has 2 radical (unpaired) electrons. The molecule has 1 rings (SSSR count). The molecule has 3 atom stereocenters. The van der Waals surface area contributed by atoms with Gasteiger partial charge < -0.3 is 19.7 Å². The minimum absolute atomic E-state index is 0.0576. The Balaban J connectivity index is 0.000000433. The van der Waals surface area contributed by atoms with Gasteiger partial charge in [0.25, 0.3) is 0 Å². The first-order valence-corrected chi connectivity index (χ1v) is 12.1. The van der Waals surface area contributed by atoms with E-state index >= 15 is 0 Å². The summed E-state index contributed by atoms with van der Waals surface area (Å²) < 4.78 is 12.8. The minimum atomic E-state index is -1.05. The normalized spacial score (nSPS) is 23.2. The average molecular weight is 421 g/mol. The van der Waals surface area contributed by atoms with Crippen molar-refractivity contribution in [1.29, 1.82) is 0 Å². The Morgan fingerprint density at radius 3 is 2.32 bits per heavy atom. The molecule has 0 saturated heterocycles. The molecule has 2 N–H and O–H groups in total. The van der Waals surface area contributed by atoms with E-state index in [4.69, 9.17) is 9.84 Å². The van der Waals surface area contributed by atoms with Crippen molar-refractivity contribution in [3.05, 3.63) is 12.3 Å². The van der Waals surface area contributed by atoms with Crippen LogP contribution in [-0.4, -0.2) is 62.2 Å². The summed E-state index contributed by atoms with van der Waals surface area (Å²) in [5.41, 5.74) is 0.